The average molecular weight is 268 g/mol. The molecule has 1 aliphatic carbocycles. The van der Waals surface area contributed by atoms with Gasteiger partial charge in [0, 0.05) is 11.5 Å². The highest BCUT2D eigenvalue weighted by Crippen LogP contribution is 2.52. The average Bonchev–Trinajstić information content (AvgIpc) is 3.19. The summed E-state index contributed by atoms with van der Waals surface area (Å²) in [6, 6.07) is 6.80. The topological polar surface area (TPSA) is 86.2 Å². The smallest absolute Gasteiger partial charge is 0.178 e. The zero-order valence-electron chi connectivity index (χ0n) is 10.6. The summed E-state index contributed by atoms with van der Waals surface area (Å²) < 4.78 is 23.4. The van der Waals surface area contributed by atoms with Gasteiger partial charge in [0.15, 0.2) is 9.84 Å². The van der Waals surface area contributed by atoms with Gasteiger partial charge >= 0.3 is 0 Å². The number of hydrogen-bond donors (Lipinski definition) is 2. The largest absolute Gasteiger partial charge is 0.330 e. The molecule has 4 N–H and O–H groups in total. The van der Waals surface area contributed by atoms with Crippen LogP contribution in [0.4, 0.5) is 0 Å². The summed E-state index contributed by atoms with van der Waals surface area (Å²) in [5.41, 5.74) is 13.0. The van der Waals surface area contributed by atoms with E-state index >= 15 is 0 Å². The van der Waals surface area contributed by atoms with E-state index in [1.54, 1.807) is 19.1 Å². The number of sulfone groups is 1. The van der Waals surface area contributed by atoms with E-state index in [1.165, 1.54) is 0 Å². The maximum Gasteiger partial charge on any atom is 0.178 e. The molecule has 1 aromatic rings. The van der Waals surface area contributed by atoms with Gasteiger partial charge in [-0.25, -0.2) is 8.42 Å². The van der Waals surface area contributed by atoms with Crippen molar-refractivity contribution in [3.8, 4) is 0 Å². The van der Waals surface area contributed by atoms with E-state index in [4.69, 9.17) is 11.5 Å². The van der Waals surface area contributed by atoms with Crippen LogP contribution in [0.3, 0.4) is 0 Å². The minimum atomic E-state index is -3.13. The molecule has 0 aromatic heterocycles. The van der Waals surface area contributed by atoms with Crippen molar-refractivity contribution in [1.29, 1.82) is 0 Å². The van der Waals surface area contributed by atoms with E-state index in [2.05, 4.69) is 0 Å². The molecule has 0 radical (unpaired) electrons. The Morgan fingerprint density at radius 1 is 1.28 bits per heavy atom. The van der Waals surface area contributed by atoms with Gasteiger partial charge in [0.05, 0.1) is 10.6 Å². The first kappa shape index (κ1) is 13.5. The summed E-state index contributed by atoms with van der Waals surface area (Å²) in [6.45, 7) is 2.23. The third-order valence-electron chi connectivity index (χ3n) is 3.94. The summed E-state index contributed by atoms with van der Waals surface area (Å²) in [6.07, 6.45) is 2.11. The van der Waals surface area contributed by atoms with Crippen LogP contribution in [0.5, 0.6) is 0 Å². The van der Waals surface area contributed by atoms with E-state index in [-0.39, 0.29) is 17.2 Å². The van der Waals surface area contributed by atoms with Crippen molar-refractivity contribution in [2.75, 3.05) is 12.3 Å². The Morgan fingerprint density at radius 3 is 2.22 bits per heavy atom. The minimum absolute atomic E-state index is 0.0329. The maximum atomic E-state index is 11.7. The highest BCUT2D eigenvalue weighted by atomic mass is 32.2. The quantitative estimate of drug-likeness (QED) is 0.840. The van der Waals surface area contributed by atoms with Crippen LogP contribution in [0.2, 0.25) is 0 Å². The lowest BCUT2D eigenvalue weighted by Gasteiger charge is -2.22. The van der Waals surface area contributed by atoms with Crippen molar-refractivity contribution in [3.05, 3.63) is 29.8 Å². The van der Waals surface area contributed by atoms with E-state index in [0.717, 1.165) is 18.4 Å². The van der Waals surface area contributed by atoms with Crippen LogP contribution < -0.4 is 11.5 Å². The fourth-order valence-electron chi connectivity index (χ4n) is 2.21. The summed E-state index contributed by atoms with van der Waals surface area (Å²) in [7, 11) is -3.13. The van der Waals surface area contributed by atoms with Crippen molar-refractivity contribution in [2.24, 2.45) is 16.9 Å². The van der Waals surface area contributed by atoms with Crippen LogP contribution in [0, 0.1) is 5.41 Å². The molecule has 5 heteroatoms. The van der Waals surface area contributed by atoms with Gasteiger partial charge in [-0.2, -0.15) is 0 Å². The van der Waals surface area contributed by atoms with E-state index in [0.29, 0.717) is 11.4 Å². The van der Waals surface area contributed by atoms with Crippen LogP contribution in [0.25, 0.3) is 0 Å². The maximum absolute atomic E-state index is 11.7. The monoisotopic (exact) mass is 268 g/mol. The van der Waals surface area contributed by atoms with Crippen molar-refractivity contribution >= 4 is 9.84 Å². The van der Waals surface area contributed by atoms with Crippen LogP contribution in [0.1, 0.15) is 31.4 Å². The molecule has 1 saturated carbocycles. The molecule has 0 heterocycles. The van der Waals surface area contributed by atoms with Gasteiger partial charge in [-0.1, -0.05) is 19.1 Å². The molecule has 0 amide bonds. The zero-order valence-corrected chi connectivity index (χ0v) is 11.4. The van der Waals surface area contributed by atoms with Gasteiger partial charge < -0.3 is 11.5 Å². The van der Waals surface area contributed by atoms with Crippen LogP contribution in [-0.4, -0.2) is 20.7 Å². The second-order valence-corrected chi connectivity index (χ2v) is 7.29. The molecule has 2 rings (SSSR count). The number of rotatable bonds is 5. The second kappa shape index (κ2) is 4.64. The first-order valence-electron chi connectivity index (χ1n) is 6.23. The summed E-state index contributed by atoms with van der Waals surface area (Å²) in [5, 5.41) is 0. The highest BCUT2D eigenvalue weighted by molar-refractivity contribution is 7.91. The summed E-state index contributed by atoms with van der Waals surface area (Å²) in [4.78, 5) is 0.360. The lowest BCUT2D eigenvalue weighted by molar-refractivity contribution is 0.419. The molecule has 4 nitrogen and oxygen atoms in total. The number of benzene rings is 1. The highest BCUT2D eigenvalue weighted by Gasteiger charge is 2.47. The van der Waals surface area contributed by atoms with Gasteiger partial charge in [0.1, 0.15) is 0 Å². The normalized spacial score (nSPS) is 19.5. The summed E-state index contributed by atoms with van der Waals surface area (Å²) in [5.74, 6) is 0.116. The van der Waals surface area contributed by atoms with Gasteiger partial charge in [-0.05, 0) is 37.1 Å². The fourth-order valence-corrected chi connectivity index (χ4v) is 3.09. The van der Waals surface area contributed by atoms with Crippen LogP contribution in [0.15, 0.2) is 29.2 Å². The van der Waals surface area contributed by atoms with E-state index < -0.39 is 9.84 Å². The Morgan fingerprint density at radius 2 is 1.83 bits per heavy atom. The minimum Gasteiger partial charge on any atom is -0.330 e. The van der Waals surface area contributed by atoms with Crippen molar-refractivity contribution < 1.29 is 8.42 Å². The molecule has 0 spiro atoms. The SMILES string of the molecule is CCS(=O)(=O)c1ccc(C(N)C2(CN)CC2)cc1. The van der Waals surface area contributed by atoms with Crippen molar-refractivity contribution in [1.82, 2.24) is 0 Å². The zero-order chi connectivity index (χ0) is 13.4. The Hall–Kier alpha value is -0.910. The first-order valence-corrected chi connectivity index (χ1v) is 7.89. The molecule has 1 aliphatic rings. The third kappa shape index (κ3) is 2.30. The Labute approximate surface area is 108 Å². The van der Waals surface area contributed by atoms with E-state index in [1.807, 2.05) is 12.1 Å². The Bertz CT molecular complexity index is 518. The second-order valence-electron chi connectivity index (χ2n) is 5.02. The van der Waals surface area contributed by atoms with Gasteiger partial charge in [0.25, 0.3) is 0 Å². The molecule has 0 saturated heterocycles. The van der Waals surface area contributed by atoms with Crippen LogP contribution in [-0.2, 0) is 9.84 Å². The fraction of sp³-hybridized carbons (Fsp3) is 0.538. The van der Waals surface area contributed by atoms with Gasteiger partial charge in [-0.3, -0.25) is 0 Å². The molecule has 100 valence electrons. The molecular weight excluding hydrogens is 248 g/mol. The lowest BCUT2D eigenvalue weighted by Crippen LogP contribution is -2.29. The van der Waals surface area contributed by atoms with Crippen LogP contribution >= 0.6 is 0 Å². The molecule has 1 unspecified atom stereocenters. The molecule has 1 fully saturated rings. The molecular formula is C13H20N2O2S. The summed E-state index contributed by atoms with van der Waals surface area (Å²) >= 11 is 0. The van der Waals surface area contributed by atoms with Gasteiger partial charge in [0.2, 0.25) is 0 Å². The molecule has 1 aromatic carbocycles. The number of nitrogens with two attached hydrogens (primary N) is 2. The van der Waals surface area contributed by atoms with Crippen molar-refractivity contribution in [3.63, 3.8) is 0 Å². The molecule has 1 atom stereocenters. The third-order valence-corrected chi connectivity index (χ3v) is 5.69. The Balaban J connectivity index is 2.23. The Kier molecular flexibility index (Phi) is 3.49. The number of hydrogen-bond acceptors (Lipinski definition) is 4. The van der Waals surface area contributed by atoms with Crippen molar-refractivity contribution in [2.45, 2.75) is 30.7 Å². The lowest BCUT2D eigenvalue weighted by atomic mass is 9.91. The van der Waals surface area contributed by atoms with Gasteiger partial charge in [-0.15, -0.1) is 0 Å². The van der Waals surface area contributed by atoms with E-state index in [9.17, 15) is 8.42 Å². The molecule has 0 bridgehead atoms. The predicted octanol–water partition coefficient (Wildman–Crippen LogP) is 1.22. The molecule has 18 heavy (non-hydrogen) atoms. The standard InChI is InChI=1S/C13H20N2O2S/c1-2-18(16,17)11-5-3-10(4-6-11)12(15)13(9-14)7-8-13/h3-6,12H,2,7-9,14-15H2,1H3. The molecule has 0 aliphatic heterocycles. The first-order chi connectivity index (χ1) is 8.45. The predicted molar refractivity (Wildman–Crippen MR) is 71.8 cm³/mol.